The Morgan fingerprint density at radius 3 is 2.95 bits per heavy atom. The Morgan fingerprint density at radius 1 is 1.37 bits per heavy atom. The highest BCUT2D eigenvalue weighted by Gasteiger charge is 2.26. The zero-order valence-corrected chi connectivity index (χ0v) is 11.6. The van der Waals surface area contributed by atoms with Gasteiger partial charge in [-0.2, -0.15) is 0 Å². The number of aromatic amines is 1. The van der Waals surface area contributed by atoms with Crippen LogP contribution in [0.15, 0.2) is 6.20 Å². The van der Waals surface area contributed by atoms with Gasteiger partial charge in [-0.25, -0.2) is 4.98 Å². The second-order valence-corrected chi connectivity index (χ2v) is 5.63. The first-order chi connectivity index (χ1) is 9.31. The van der Waals surface area contributed by atoms with Crippen LogP contribution in [0.5, 0.6) is 0 Å². The minimum Gasteiger partial charge on any atom is -0.381 e. The summed E-state index contributed by atoms with van der Waals surface area (Å²) >= 11 is 0. The fourth-order valence-corrected chi connectivity index (χ4v) is 2.92. The molecule has 0 aliphatic carbocycles. The number of morpholine rings is 1. The molecule has 3 heterocycles. The summed E-state index contributed by atoms with van der Waals surface area (Å²) in [6.45, 7) is 7.83. The smallest absolute Gasteiger partial charge is 0.136 e. The third kappa shape index (κ3) is 3.35. The van der Waals surface area contributed by atoms with Gasteiger partial charge in [0.25, 0.3) is 0 Å². The lowest BCUT2D eigenvalue weighted by molar-refractivity contribution is -0.0445. The van der Waals surface area contributed by atoms with Crippen molar-refractivity contribution in [3.8, 4) is 0 Å². The molecule has 2 aliphatic rings. The van der Waals surface area contributed by atoms with E-state index >= 15 is 0 Å². The number of ether oxygens (including phenoxy) is 2. The normalized spacial score (nSPS) is 26.7. The zero-order chi connectivity index (χ0) is 13.1. The highest BCUT2D eigenvalue weighted by atomic mass is 16.5. The van der Waals surface area contributed by atoms with Crippen LogP contribution in [0.25, 0.3) is 0 Å². The van der Waals surface area contributed by atoms with Crippen molar-refractivity contribution in [2.24, 2.45) is 5.92 Å². The van der Waals surface area contributed by atoms with Crippen molar-refractivity contribution in [2.45, 2.75) is 25.9 Å². The summed E-state index contributed by atoms with van der Waals surface area (Å²) < 4.78 is 11.3. The summed E-state index contributed by atoms with van der Waals surface area (Å²) in [4.78, 5) is 10.2. The van der Waals surface area contributed by atoms with Crippen LogP contribution in [-0.2, 0) is 9.47 Å². The summed E-state index contributed by atoms with van der Waals surface area (Å²) in [5.74, 6) is 1.75. The first-order valence-corrected chi connectivity index (χ1v) is 7.24. The van der Waals surface area contributed by atoms with Gasteiger partial charge in [0.15, 0.2) is 0 Å². The summed E-state index contributed by atoms with van der Waals surface area (Å²) in [5.41, 5.74) is 1.10. The standard InChI is InChI=1S/C14H23N3O2/c1-11-8-15-14(16-11)13-10-17(4-7-19-13)9-12-2-5-18-6-3-12/h8,12-13H,2-7,9-10H2,1H3,(H,15,16)/t13-/m0/s1. The van der Waals surface area contributed by atoms with Crippen LogP contribution in [0.4, 0.5) is 0 Å². The van der Waals surface area contributed by atoms with E-state index < -0.39 is 0 Å². The van der Waals surface area contributed by atoms with Gasteiger partial charge in [-0.3, -0.25) is 4.90 Å². The summed E-state index contributed by atoms with van der Waals surface area (Å²) in [7, 11) is 0. The maximum atomic E-state index is 5.84. The van der Waals surface area contributed by atoms with E-state index in [4.69, 9.17) is 9.47 Å². The lowest BCUT2D eigenvalue weighted by Gasteiger charge is -2.35. The van der Waals surface area contributed by atoms with Crippen LogP contribution >= 0.6 is 0 Å². The molecule has 2 aliphatic heterocycles. The van der Waals surface area contributed by atoms with Gasteiger partial charge in [-0.15, -0.1) is 0 Å². The average Bonchev–Trinajstić information content (AvgIpc) is 2.87. The number of nitrogens with zero attached hydrogens (tertiary/aromatic N) is 2. The lowest BCUT2D eigenvalue weighted by Crippen LogP contribution is -2.42. The third-order valence-electron chi connectivity index (χ3n) is 4.04. The number of rotatable bonds is 3. The molecular weight excluding hydrogens is 242 g/mol. The highest BCUT2D eigenvalue weighted by Crippen LogP contribution is 2.22. The van der Waals surface area contributed by atoms with Gasteiger partial charge in [0.2, 0.25) is 0 Å². The van der Waals surface area contributed by atoms with Crippen LogP contribution in [-0.4, -0.2) is 54.3 Å². The minimum absolute atomic E-state index is 0.0993. The molecule has 106 valence electrons. The van der Waals surface area contributed by atoms with Crippen molar-refractivity contribution >= 4 is 0 Å². The second kappa shape index (κ2) is 6.03. The molecule has 1 aromatic heterocycles. The van der Waals surface area contributed by atoms with Crippen molar-refractivity contribution in [3.63, 3.8) is 0 Å². The summed E-state index contributed by atoms with van der Waals surface area (Å²) in [6.07, 6.45) is 4.36. The second-order valence-electron chi connectivity index (χ2n) is 5.63. The first kappa shape index (κ1) is 13.1. The molecule has 0 radical (unpaired) electrons. The number of aromatic nitrogens is 2. The molecule has 0 amide bonds. The Labute approximate surface area is 114 Å². The van der Waals surface area contributed by atoms with Crippen LogP contribution in [0, 0.1) is 12.8 Å². The Kier molecular flexibility index (Phi) is 4.15. The molecule has 1 N–H and O–H groups in total. The topological polar surface area (TPSA) is 50.4 Å². The van der Waals surface area contributed by atoms with Crippen molar-refractivity contribution in [3.05, 3.63) is 17.7 Å². The molecule has 0 unspecified atom stereocenters. The molecule has 0 aromatic carbocycles. The molecule has 2 fully saturated rings. The van der Waals surface area contributed by atoms with Crippen LogP contribution in [0.1, 0.15) is 30.5 Å². The SMILES string of the molecule is Cc1cnc([C@@H]2CN(CC3CCOCC3)CCO2)[nH]1. The molecule has 2 saturated heterocycles. The molecule has 5 nitrogen and oxygen atoms in total. The first-order valence-electron chi connectivity index (χ1n) is 7.24. The molecule has 1 atom stereocenters. The number of H-pyrrole nitrogens is 1. The predicted octanol–water partition coefficient (Wildman–Crippen LogP) is 1.52. The Morgan fingerprint density at radius 2 is 2.21 bits per heavy atom. The number of imidazole rings is 1. The Balaban J connectivity index is 1.55. The van der Waals surface area contributed by atoms with Gasteiger partial charge in [-0.05, 0) is 25.7 Å². The molecule has 19 heavy (non-hydrogen) atoms. The molecule has 0 saturated carbocycles. The molecular formula is C14H23N3O2. The molecule has 5 heteroatoms. The largest absolute Gasteiger partial charge is 0.381 e. The monoisotopic (exact) mass is 265 g/mol. The van der Waals surface area contributed by atoms with E-state index in [9.17, 15) is 0 Å². The van der Waals surface area contributed by atoms with Gasteiger partial charge in [0, 0.05) is 44.7 Å². The van der Waals surface area contributed by atoms with E-state index in [-0.39, 0.29) is 6.10 Å². The Bertz CT molecular complexity index is 401. The zero-order valence-electron chi connectivity index (χ0n) is 11.6. The van der Waals surface area contributed by atoms with Crippen LogP contribution < -0.4 is 0 Å². The van der Waals surface area contributed by atoms with E-state index in [1.165, 1.54) is 19.4 Å². The fraction of sp³-hybridized carbons (Fsp3) is 0.786. The van der Waals surface area contributed by atoms with Gasteiger partial charge in [0.05, 0.1) is 6.61 Å². The van der Waals surface area contributed by atoms with Crippen molar-refractivity contribution < 1.29 is 9.47 Å². The van der Waals surface area contributed by atoms with Crippen molar-refractivity contribution in [1.29, 1.82) is 0 Å². The predicted molar refractivity (Wildman–Crippen MR) is 72.0 cm³/mol. The number of aryl methyl sites for hydroxylation is 1. The number of hydrogen-bond donors (Lipinski definition) is 1. The Hall–Kier alpha value is -0.910. The van der Waals surface area contributed by atoms with Gasteiger partial charge < -0.3 is 14.5 Å². The molecule has 0 spiro atoms. The highest BCUT2D eigenvalue weighted by molar-refractivity contribution is 5.02. The average molecular weight is 265 g/mol. The number of nitrogens with one attached hydrogen (secondary N) is 1. The van der Waals surface area contributed by atoms with Crippen LogP contribution in [0.2, 0.25) is 0 Å². The quantitative estimate of drug-likeness (QED) is 0.900. The van der Waals surface area contributed by atoms with Gasteiger partial charge in [-0.1, -0.05) is 0 Å². The van der Waals surface area contributed by atoms with E-state index in [2.05, 4.69) is 14.9 Å². The fourth-order valence-electron chi connectivity index (χ4n) is 2.92. The number of hydrogen-bond acceptors (Lipinski definition) is 4. The van der Waals surface area contributed by atoms with Crippen molar-refractivity contribution in [1.82, 2.24) is 14.9 Å². The van der Waals surface area contributed by atoms with Crippen molar-refractivity contribution in [2.75, 3.05) is 39.5 Å². The lowest BCUT2D eigenvalue weighted by atomic mass is 9.99. The molecule has 1 aromatic rings. The maximum absolute atomic E-state index is 5.84. The minimum atomic E-state index is 0.0993. The molecule has 0 bridgehead atoms. The van der Waals surface area contributed by atoms with Gasteiger partial charge >= 0.3 is 0 Å². The van der Waals surface area contributed by atoms with E-state index in [0.29, 0.717) is 0 Å². The van der Waals surface area contributed by atoms with E-state index in [1.54, 1.807) is 0 Å². The van der Waals surface area contributed by atoms with Gasteiger partial charge in [0.1, 0.15) is 11.9 Å². The third-order valence-corrected chi connectivity index (χ3v) is 4.04. The van der Waals surface area contributed by atoms with Crippen LogP contribution in [0.3, 0.4) is 0 Å². The summed E-state index contributed by atoms with van der Waals surface area (Å²) in [6, 6.07) is 0. The summed E-state index contributed by atoms with van der Waals surface area (Å²) in [5, 5.41) is 0. The van der Waals surface area contributed by atoms with E-state index in [0.717, 1.165) is 50.3 Å². The van der Waals surface area contributed by atoms with E-state index in [1.807, 2.05) is 13.1 Å². The maximum Gasteiger partial charge on any atom is 0.136 e. The molecule has 3 rings (SSSR count).